The van der Waals surface area contributed by atoms with Crippen molar-refractivity contribution in [1.29, 1.82) is 0 Å². The van der Waals surface area contributed by atoms with Gasteiger partial charge in [-0.15, -0.1) is 0 Å². The third-order valence-corrected chi connectivity index (χ3v) is 4.10. The maximum atomic E-state index is 3.32. The van der Waals surface area contributed by atoms with Crippen LogP contribution in [0.4, 0.5) is 0 Å². The first-order chi connectivity index (χ1) is 11.5. The molecule has 3 aromatic carbocycles. The quantitative estimate of drug-likeness (QED) is 0.480. The summed E-state index contributed by atoms with van der Waals surface area (Å²) in [6, 6.07) is 27.3. The zero-order chi connectivity index (χ0) is 17.0. The van der Waals surface area contributed by atoms with Crippen molar-refractivity contribution < 1.29 is 0 Å². The van der Waals surface area contributed by atoms with Crippen molar-refractivity contribution in [2.24, 2.45) is 0 Å². The molecule has 0 saturated carbocycles. The molecule has 0 aliphatic carbocycles. The molecule has 0 amide bonds. The van der Waals surface area contributed by atoms with E-state index in [0.29, 0.717) is 0 Å². The van der Waals surface area contributed by atoms with Gasteiger partial charge in [-0.05, 0) is 40.3 Å². The molecule has 0 unspecified atom stereocenters. The monoisotopic (exact) mass is 310 g/mol. The molecule has 3 aromatic rings. The second-order valence-electron chi connectivity index (χ2n) is 6.99. The molecule has 0 radical (unpaired) electrons. The summed E-state index contributed by atoms with van der Waals surface area (Å²) in [6.45, 7) is 6.71. The van der Waals surface area contributed by atoms with Crippen LogP contribution < -0.4 is 0 Å². The van der Waals surface area contributed by atoms with Crippen LogP contribution in [-0.4, -0.2) is 0 Å². The average Bonchev–Trinajstić information content (AvgIpc) is 2.60. The van der Waals surface area contributed by atoms with E-state index in [2.05, 4.69) is 75.1 Å². The fraction of sp³-hybridized carbons (Fsp3) is 0.167. The smallest absolute Gasteiger partial charge is 0.0327 e. The van der Waals surface area contributed by atoms with Crippen LogP contribution in [0.3, 0.4) is 0 Å². The van der Waals surface area contributed by atoms with Crippen molar-refractivity contribution >= 4 is 0 Å². The number of rotatable bonds is 1. The van der Waals surface area contributed by atoms with Gasteiger partial charge < -0.3 is 0 Å². The van der Waals surface area contributed by atoms with E-state index in [1.165, 1.54) is 16.7 Å². The SMILES string of the molecule is CC(C)(C)c1ccc(-c2ccccc2C#Cc2ccccc2)cc1. The second-order valence-corrected chi connectivity index (χ2v) is 6.99. The van der Waals surface area contributed by atoms with E-state index in [1.54, 1.807) is 0 Å². The Morgan fingerprint density at radius 1 is 0.625 bits per heavy atom. The normalized spacial score (nSPS) is 10.8. The fourth-order valence-electron chi connectivity index (χ4n) is 2.65. The van der Waals surface area contributed by atoms with Crippen LogP contribution in [0.25, 0.3) is 11.1 Å². The van der Waals surface area contributed by atoms with Crippen LogP contribution in [0, 0.1) is 11.8 Å². The Morgan fingerprint density at radius 2 is 1.25 bits per heavy atom. The van der Waals surface area contributed by atoms with Gasteiger partial charge in [0, 0.05) is 11.1 Å². The predicted molar refractivity (Wildman–Crippen MR) is 103 cm³/mol. The topological polar surface area (TPSA) is 0 Å². The molecule has 0 aliphatic rings. The largest absolute Gasteiger partial charge is 0.0622 e. The lowest BCUT2D eigenvalue weighted by Gasteiger charge is -2.19. The van der Waals surface area contributed by atoms with Crippen molar-refractivity contribution in [2.75, 3.05) is 0 Å². The molecule has 0 heteroatoms. The zero-order valence-electron chi connectivity index (χ0n) is 14.5. The highest BCUT2D eigenvalue weighted by Gasteiger charge is 2.13. The minimum Gasteiger partial charge on any atom is -0.0622 e. The van der Waals surface area contributed by atoms with E-state index in [9.17, 15) is 0 Å². The molecule has 0 saturated heterocycles. The van der Waals surface area contributed by atoms with Crippen LogP contribution in [-0.2, 0) is 5.41 Å². The van der Waals surface area contributed by atoms with Crippen molar-refractivity contribution in [2.45, 2.75) is 26.2 Å². The van der Waals surface area contributed by atoms with E-state index >= 15 is 0 Å². The molecule has 0 spiro atoms. The van der Waals surface area contributed by atoms with Gasteiger partial charge in [0.25, 0.3) is 0 Å². The van der Waals surface area contributed by atoms with Crippen molar-refractivity contribution in [3.05, 3.63) is 95.6 Å². The molecule has 24 heavy (non-hydrogen) atoms. The lowest BCUT2D eigenvalue weighted by atomic mass is 9.86. The van der Waals surface area contributed by atoms with Gasteiger partial charge in [-0.2, -0.15) is 0 Å². The van der Waals surface area contributed by atoms with E-state index in [0.717, 1.165) is 11.1 Å². The van der Waals surface area contributed by atoms with Crippen LogP contribution in [0.2, 0.25) is 0 Å². The summed E-state index contributed by atoms with van der Waals surface area (Å²) < 4.78 is 0. The maximum Gasteiger partial charge on any atom is 0.0327 e. The molecule has 0 heterocycles. The second kappa shape index (κ2) is 6.77. The third-order valence-electron chi connectivity index (χ3n) is 4.10. The Bertz CT molecular complexity index is 867. The molecule has 0 bridgehead atoms. The van der Waals surface area contributed by atoms with Crippen LogP contribution in [0.15, 0.2) is 78.9 Å². The Kier molecular flexibility index (Phi) is 4.54. The van der Waals surface area contributed by atoms with Gasteiger partial charge in [-0.3, -0.25) is 0 Å². The van der Waals surface area contributed by atoms with Gasteiger partial charge in [-0.25, -0.2) is 0 Å². The molecular weight excluding hydrogens is 288 g/mol. The van der Waals surface area contributed by atoms with Crippen molar-refractivity contribution in [1.82, 2.24) is 0 Å². The van der Waals surface area contributed by atoms with Crippen LogP contribution >= 0.6 is 0 Å². The molecule has 3 rings (SSSR count). The summed E-state index contributed by atoms with van der Waals surface area (Å²) in [5.41, 5.74) is 6.01. The Labute approximate surface area is 145 Å². The van der Waals surface area contributed by atoms with Gasteiger partial charge in [0.2, 0.25) is 0 Å². The highest BCUT2D eigenvalue weighted by atomic mass is 14.2. The van der Waals surface area contributed by atoms with Gasteiger partial charge >= 0.3 is 0 Å². The first-order valence-corrected chi connectivity index (χ1v) is 8.31. The van der Waals surface area contributed by atoms with E-state index in [-0.39, 0.29) is 5.41 Å². The van der Waals surface area contributed by atoms with E-state index in [1.807, 2.05) is 36.4 Å². The lowest BCUT2D eigenvalue weighted by Crippen LogP contribution is -2.10. The zero-order valence-corrected chi connectivity index (χ0v) is 14.5. The predicted octanol–water partition coefficient (Wildman–Crippen LogP) is 6.05. The number of hydrogen-bond acceptors (Lipinski definition) is 0. The number of benzene rings is 3. The van der Waals surface area contributed by atoms with Crippen molar-refractivity contribution in [3.8, 4) is 23.0 Å². The third kappa shape index (κ3) is 3.76. The summed E-state index contributed by atoms with van der Waals surface area (Å²) >= 11 is 0. The summed E-state index contributed by atoms with van der Waals surface area (Å²) in [7, 11) is 0. The molecule has 0 nitrogen and oxygen atoms in total. The van der Waals surface area contributed by atoms with Gasteiger partial charge in [0.1, 0.15) is 0 Å². The average molecular weight is 310 g/mol. The number of hydrogen-bond donors (Lipinski definition) is 0. The van der Waals surface area contributed by atoms with E-state index in [4.69, 9.17) is 0 Å². The molecule has 0 aliphatic heterocycles. The Morgan fingerprint density at radius 3 is 1.92 bits per heavy atom. The summed E-state index contributed by atoms with van der Waals surface area (Å²) in [4.78, 5) is 0. The molecule has 0 aromatic heterocycles. The molecule has 0 atom stereocenters. The van der Waals surface area contributed by atoms with Gasteiger partial charge in [-0.1, -0.05) is 93.3 Å². The minimum absolute atomic E-state index is 0.172. The van der Waals surface area contributed by atoms with Crippen molar-refractivity contribution in [3.63, 3.8) is 0 Å². The van der Waals surface area contributed by atoms with Crippen LogP contribution in [0.1, 0.15) is 37.5 Å². The highest BCUT2D eigenvalue weighted by molar-refractivity contribution is 5.71. The summed E-state index contributed by atoms with van der Waals surface area (Å²) in [5, 5.41) is 0. The van der Waals surface area contributed by atoms with Crippen LogP contribution in [0.5, 0.6) is 0 Å². The fourth-order valence-corrected chi connectivity index (χ4v) is 2.65. The Balaban J connectivity index is 1.97. The minimum atomic E-state index is 0.172. The Hall–Kier alpha value is -2.78. The van der Waals surface area contributed by atoms with Gasteiger partial charge in [0.05, 0.1) is 0 Å². The molecule has 0 fully saturated rings. The first-order valence-electron chi connectivity index (χ1n) is 8.31. The van der Waals surface area contributed by atoms with Gasteiger partial charge in [0.15, 0.2) is 0 Å². The standard InChI is InChI=1S/C24H22/c1-24(2,3)22-17-15-21(16-18-22)23-12-8-7-11-20(23)14-13-19-9-5-4-6-10-19/h4-12,15-18H,1-3H3. The molecule has 118 valence electrons. The lowest BCUT2D eigenvalue weighted by molar-refractivity contribution is 0.590. The molecular formula is C24H22. The maximum absolute atomic E-state index is 3.32. The van der Waals surface area contributed by atoms with E-state index < -0.39 is 0 Å². The highest BCUT2D eigenvalue weighted by Crippen LogP contribution is 2.27. The first kappa shape index (κ1) is 16.1. The summed E-state index contributed by atoms with van der Waals surface area (Å²) in [6.07, 6.45) is 0. The molecule has 0 N–H and O–H groups in total. The summed E-state index contributed by atoms with van der Waals surface area (Å²) in [5.74, 6) is 6.58.